The molecule has 0 bridgehead atoms. The Morgan fingerprint density at radius 2 is 1.83 bits per heavy atom. The highest BCUT2D eigenvalue weighted by molar-refractivity contribution is 8.32. The molecule has 0 amide bonds. The Morgan fingerprint density at radius 3 is 2.50 bits per heavy atom. The molecule has 2 nitrogen and oxygen atoms in total. The number of nitrogens with zero attached hydrogens (tertiary/aromatic N) is 1. The summed E-state index contributed by atoms with van der Waals surface area (Å²) in [5, 5.41) is 0. The van der Waals surface area contributed by atoms with Crippen molar-refractivity contribution in [1.82, 2.24) is 4.90 Å². The molecule has 0 aromatic heterocycles. The van der Waals surface area contributed by atoms with Crippen LogP contribution >= 0.6 is 10.0 Å². The van der Waals surface area contributed by atoms with E-state index in [2.05, 4.69) is 54.9 Å². The van der Waals surface area contributed by atoms with Gasteiger partial charge < -0.3 is 4.74 Å². The fraction of sp³-hybridized carbons (Fsp3) is 0.714. The second kappa shape index (κ2) is 6.03. The first kappa shape index (κ1) is 16.9. The number of methoxy groups -OCH3 is 1. The molecule has 1 saturated heterocycles. The van der Waals surface area contributed by atoms with Crippen LogP contribution in [-0.2, 0) is 4.74 Å². The van der Waals surface area contributed by atoms with E-state index in [-0.39, 0.29) is 0 Å². The summed E-state index contributed by atoms with van der Waals surface area (Å²) < 4.78 is 5.79. The highest BCUT2D eigenvalue weighted by Crippen LogP contribution is 2.59. The van der Waals surface area contributed by atoms with Gasteiger partial charge in [-0.1, -0.05) is 31.2 Å². The second-order valence-corrected chi connectivity index (χ2v) is 13.5. The van der Waals surface area contributed by atoms with E-state index in [1.165, 1.54) is 25.1 Å². The summed E-state index contributed by atoms with van der Waals surface area (Å²) in [5.74, 6) is 3.47. The molecule has 6 atom stereocenters. The summed E-state index contributed by atoms with van der Waals surface area (Å²) in [4.78, 5) is 2.95. The zero-order valence-electron chi connectivity index (χ0n) is 15.9. The molecule has 2 aliphatic carbocycles. The molecule has 24 heavy (non-hydrogen) atoms. The minimum absolute atomic E-state index is 0.469. The molecule has 0 radical (unpaired) electrons. The zero-order valence-corrected chi connectivity index (χ0v) is 16.7. The number of likely N-dealkylation sites (tertiary alicyclic amines) is 1. The number of benzene rings is 1. The highest BCUT2D eigenvalue weighted by Gasteiger charge is 2.56. The molecule has 1 heterocycles. The number of hydrogen-bond acceptors (Lipinski definition) is 2. The maximum atomic E-state index is 5.79. The lowest BCUT2D eigenvalue weighted by atomic mass is 9.76. The normalized spacial score (nSPS) is 39.4. The van der Waals surface area contributed by atoms with Gasteiger partial charge in [0.1, 0.15) is 0 Å². The summed E-state index contributed by atoms with van der Waals surface area (Å²) in [6.07, 6.45) is 11.7. The Labute approximate surface area is 149 Å². The summed E-state index contributed by atoms with van der Waals surface area (Å²) in [6, 6.07) is 10.8. The van der Waals surface area contributed by atoms with E-state index in [4.69, 9.17) is 4.74 Å². The van der Waals surface area contributed by atoms with Crippen molar-refractivity contribution < 1.29 is 4.74 Å². The van der Waals surface area contributed by atoms with E-state index in [9.17, 15) is 0 Å². The van der Waals surface area contributed by atoms with Gasteiger partial charge >= 0.3 is 0 Å². The Morgan fingerprint density at radius 1 is 1.12 bits per heavy atom. The predicted octanol–water partition coefficient (Wildman–Crippen LogP) is 4.41. The Kier molecular flexibility index (Phi) is 4.26. The molecule has 1 aromatic rings. The molecule has 0 N–H and O–H groups in total. The number of hydrogen-bond donors (Lipinski definition) is 0. The van der Waals surface area contributed by atoms with Crippen molar-refractivity contribution in [3.63, 3.8) is 0 Å². The average molecular weight is 348 g/mol. The molecule has 3 aliphatic rings. The van der Waals surface area contributed by atoms with Crippen molar-refractivity contribution in [2.75, 3.05) is 31.8 Å². The van der Waals surface area contributed by atoms with Crippen molar-refractivity contribution in [1.29, 1.82) is 0 Å². The van der Waals surface area contributed by atoms with Gasteiger partial charge in [0, 0.05) is 31.0 Å². The predicted molar refractivity (Wildman–Crippen MR) is 105 cm³/mol. The van der Waals surface area contributed by atoms with Crippen LogP contribution in [-0.4, -0.2) is 54.8 Å². The fourth-order valence-electron chi connectivity index (χ4n) is 5.90. The standard InChI is InChI=1S/C21H33NOS/c1-14-16-8-6-7-9-17(16)20-18-12-15(23-2)10-11-19(18)22(21(14)20)13-24(3,4)5/h6-9,14-15,18-21H,10-13H2,1-5H3. The minimum Gasteiger partial charge on any atom is -0.381 e. The number of rotatable bonds is 3. The van der Waals surface area contributed by atoms with E-state index in [1.54, 1.807) is 11.1 Å². The molecule has 0 spiro atoms. The van der Waals surface area contributed by atoms with Crippen LogP contribution in [0.4, 0.5) is 0 Å². The van der Waals surface area contributed by atoms with Crippen LogP contribution in [0.25, 0.3) is 0 Å². The van der Waals surface area contributed by atoms with Crippen molar-refractivity contribution in [3.8, 4) is 0 Å². The molecule has 1 aromatic carbocycles. The molecule has 1 aliphatic heterocycles. The molecule has 134 valence electrons. The average Bonchev–Trinajstić information content (AvgIpc) is 3.01. The van der Waals surface area contributed by atoms with Crippen LogP contribution in [0.5, 0.6) is 0 Å². The monoisotopic (exact) mass is 347 g/mol. The van der Waals surface area contributed by atoms with Crippen molar-refractivity contribution >= 4 is 10.0 Å². The zero-order chi connectivity index (χ0) is 17.1. The van der Waals surface area contributed by atoms with Crippen molar-refractivity contribution in [2.24, 2.45) is 5.92 Å². The van der Waals surface area contributed by atoms with Gasteiger partial charge in [-0.15, -0.1) is 0 Å². The maximum Gasteiger partial charge on any atom is 0.0575 e. The van der Waals surface area contributed by atoms with E-state index >= 15 is 0 Å². The highest BCUT2D eigenvalue weighted by atomic mass is 32.3. The summed E-state index contributed by atoms with van der Waals surface area (Å²) in [7, 11) is 1.37. The van der Waals surface area contributed by atoms with Crippen LogP contribution in [0, 0.1) is 5.92 Å². The summed E-state index contributed by atoms with van der Waals surface area (Å²) in [5.41, 5.74) is 3.26. The maximum absolute atomic E-state index is 5.79. The third kappa shape index (κ3) is 2.64. The van der Waals surface area contributed by atoms with Crippen molar-refractivity contribution in [3.05, 3.63) is 35.4 Å². The Balaban J connectivity index is 1.74. The van der Waals surface area contributed by atoms with Gasteiger partial charge in [-0.3, -0.25) is 4.90 Å². The van der Waals surface area contributed by atoms with Gasteiger partial charge in [0.25, 0.3) is 0 Å². The molecule has 4 rings (SSSR count). The molecular weight excluding hydrogens is 314 g/mol. The third-order valence-corrected chi connectivity index (χ3v) is 7.75. The van der Waals surface area contributed by atoms with Crippen LogP contribution in [0.15, 0.2) is 24.3 Å². The summed E-state index contributed by atoms with van der Waals surface area (Å²) >= 11 is 0. The molecule has 3 heteroatoms. The second-order valence-electron chi connectivity index (χ2n) is 9.07. The molecule has 2 fully saturated rings. The van der Waals surface area contributed by atoms with E-state index in [0.717, 1.165) is 17.9 Å². The lowest BCUT2D eigenvalue weighted by Crippen LogP contribution is -2.43. The quantitative estimate of drug-likeness (QED) is 0.803. The minimum atomic E-state index is -0.532. The number of ether oxygens (including phenoxy) is 1. The van der Waals surface area contributed by atoms with Crippen LogP contribution in [0.1, 0.15) is 49.1 Å². The van der Waals surface area contributed by atoms with Gasteiger partial charge in [-0.25, -0.2) is 10.0 Å². The van der Waals surface area contributed by atoms with Crippen LogP contribution in [0.3, 0.4) is 0 Å². The lowest BCUT2D eigenvalue weighted by molar-refractivity contribution is 0.0302. The van der Waals surface area contributed by atoms with E-state index in [1.807, 2.05) is 7.11 Å². The molecular formula is C21H33NOS. The Hall–Kier alpha value is -0.510. The number of fused-ring (bicyclic) bond motifs is 5. The van der Waals surface area contributed by atoms with Gasteiger partial charge in [-0.2, -0.15) is 0 Å². The SMILES string of the molecule is COC1CCC2C(C1)C1c3ccccc3C(C)C1N2CS(C)(C)C. The fourth-order valence-corrected chi connectivity index (χ4v) is 7.15. The third-order valence-electron chi connectivity index (χ3n) is 6.68. The topological polar surface area (TPSA) is 12.5 Å². The van der Waals surface area contributed by atoms with E-state index < -0.39 is 10.0 Å². The van der Waals surface area contributed by atoms with Gasteiger partial charge in [-0.05, 0) is 61.0 Å². The first-order valence-corrected chi connectivity index (χ1v) is 12.5. The smallest absolute Gasteiger partial charge is 0.0575 e. The summed E-state index contributed by atoms with van der Waals surface area (Å²) in [6.45, 7) is 2.47. The molecule has 1 saturated carbocycles. The first-order valence-electron chi connectivity index (χ1n) is 9.44. The van der Waals surface area contributed by atoms with Gasteiger partial charge in [0.2, 0.25) is 0 Å². The lowest BCUT2D eigenvalue weighted by Gasteiger charge is -2.42. The van der Waals surface area contributed by atoms with Crippen molar-refractivity contribution in [2.45, 2.75) is 56.2 Å². The van der Waals surface area contributed by atoms with Crippen LogP contribution < -0.4 is 0 Å². The largest absolute Gasteiger partial charge is 0.381 e. The molecule has 6 unspecified atom stereocenters. The Bertz CT molecular complexity index is 610. The first-order chi connectivity index (χ1) is 11.4. The van der Waals surface area contributed by atoms with Crippen LogP contribution in [0.2, 0.25) is 0 Å². The van der Waals surface area contributed by atoms with Gasteiger partial charge in [0.05, 0.1) is 6.10 Å². The van der Waals surface area contributed by atoms with Gasteiger partial charge in [0.15, 0.2) is 0 Å². The van der Waals surface area contributed by atoms with E-state index in [0.29, 0.717) is 18.1 Å².